The number of rotatable bonds is 6. The number of Topliss-reactive ketones (excluding diaryl/α,β-unsaturated/α-hetero) is 1. The van der Waals surface area contributed by atoms with Gasteiger partial charge in [-0.05, 0) is 36.5 Å². The maximum Gasteiger partial charge on any atom is 0.156 e. The minimum atomic E-state index is -0.226. The molecule has 0 amide bonds. The van der Waals surface area contributed by atoms with Gasteiger partial charge in [-0.15, -0.1) is 0 Å². The third kappa shape index (κ3) is 8.16. The van der Waals surface area contributed by atoms with E-state index in [1.807, 2.05) is 37.7 Å². The van der Waals surface area contributed by atoms with Crippen LogP contribution in [0.2, 0.25) is 0 Å². The summed E-state index contributed by atoms with van der Waals surface area (Å²) in [5.41, 5.74) is 2.36. The molecule has 0 N–H and O–H groups in total. The van der Waals surface area contributed by atoms with Crippen molar-refractivity contribution in [3.05, 3.63) is 35.4 Å². The lowest BCUT2D eigenvalue weighted by atomic mass is 10.1. The quantitative estimate of drug-likeness (QED) is 0.727. The Balaban J connectivity index is 0.000000796. The van der Waals surface area contributed by atoms with Gasteiger partial charge in [0, 0.05) is 12.6 Å². The first kappa shape index (κ1) is 18.9. The van der Waals surface area contributed by atoms with Crippen LogP contribution in [-0.4, -0.2) is 30.0 Å². The van der Waals surface area contributed by atoms with Crippen molar-refractivity contribution < 1.29 is 4.79 Å². The summed E-state index contributed by atoms with van der Waals surface area (Å²) in [5.74, 6) is 1.42. The van der Waals surface area contributed by atoms with Crippen molar-refractivity contribution in [2.45, 2.75) is 46.6 Å². The Morgan fingerprint density at radius 1 is 1.25 bits per heavy atom. The Morgan fingerprint density at radius 3 is 2.20 bits per heavy atom. The van der Waals surface area contributed by atoms with Crippen LogP contribution >= 0.6 is 11.8 Å². The number of hydrogen-bond acceptors (Lipinski definition) is 3. The number of ketones is 1. The Kier molecular flexibility index (Phi) is 11.1. The largest absolute Gasteiger partial charge is 0.297 e. The molecular weight excluding hydrogens is 266 g/mol. The van der Waals surface area contributed by atoms with E-state index in [4.69, 9.17) is 0 Å². The molecule has 0 heterocycles. The van der Waals surface area contributed by atoms with E-state index in [2.05, 4.69) is 37.2 Å². The van der Waals surface area contributed by atoms with E-state index in [0.29, 0.717) is 6.42 Å². The van der Waals surface area contributed by atoms with Gasteiger partial charge < -0.3 is 0 Å². The highest BCUT2D eigenvalue weighted by molar-refractivity contribution is 7.98. The normalized spacial score (nSPS) is 11.8. The highest BCUT2D eigenvalue weighted by Gasteiger charge is 2.06. The van der Waals surface area contributed by atoms with Crippen molar-refractivity contribution in [2.75, 3.05) is 12.0 Å². The molecule has 112 valence electrons. The Morgan fingerprint density at radius 2 is 1.80 bits per heavy atom. The molecule has 0 aromatic heterocycles. The molecule has 20 heavy (non-hydrogen) atoms. The van der Waals surface area contributed by atoms with Crippen LogP contribution in [0.4, 0.5) is 0 Å². The molecule has 0 aliphatic carbocycles. The minimum Gasteiger partial charge on any atom is -0.297 e. The highest BCUT2D eigenvalue weighted by atomic mass is 32.2. The van der Waals surface area contributed by atoms with E-state index in [1.54, 1.807) is 6.21 Å². The molecule has 0 aliphatic rings. The summed E-state index contributed by atoms with van der Waals surface area (Å²) in [5, 5.41) is 0. The average molecular weight is 293 g/mol. The van der Waals surface area contributed by atoms with Crippen molar-refractivity contribution in [1.29, 1.82) is 0 Å². The van der Waals surface area contributed by atoms with Gasteiger partial charge in [0.25, 0.3) is 0 Å². The molecule has 0 fully saturated rings. The maximum atomic E-state index is 11.3. The summed E-state index contributed by atoms with van der Waals surface area (Å²) in [6, 6.07) is 8.02. The molecule has 1 aromatic carbocycles. The lowest BCUT2D eigenvalue weighted by Crippen LogP contribution is -2.13. The van der Waals surface area contributed by atoms with Crippen LogP contribution in [0.1, 0.15) is 45.2 Å². The Labute approximate surface area is 128 Å². The zero-order valence-electron chi connectivity index (χ0n) is 13.3. The number of nitrogens with zero attached hydrogens (tertiary/aromatic N) is 1. The van der Waals surface area contributed by atoms with Gasteiger partial charge in [0.1, 0.15) is 6.04 Å². The third-order valence-electron chi connectivity index (χ3n) is 2.94. The predicted molar refractivity (Wildman–Crippen MR) is 92.2 cm³/mol. The minimum absolute atomic E-state index is 0.182. The summed E-state index contributed by atoms with van der Waals surface area (Å²) in [6.45, 7) is 7.98. The Bertz CT molecular complexity index is 396. The molecule has 0 saturated carbocycles. The van der Waals surface area contributed by atoms with Crippen LogP contribution in [0.25, 0.3) is 0 Å². The molecule has 1 atom stereocenters. The van der Waals surface area contributed by atoms with Gasteiger partial charge in [0.05, 0.1) is 0 Å². The van der Waals surface area contributed by atoms with Crippen molar-refractivity contribution in [1.82, 2.24) is 0 Å². The molecule has 0 saturated heterocycles. The van der Waals surface area contributed by atoms with Crippen molar-refractivity contribution in [2.24, 2.45) is 4.99 Å². The van der Waals surface area contributed by atoms with Crippen LogP contribution in [0.5, 0.6) is 0 Å². The van der Waals surface area contributed by atoms with Gasteiger partial charge in [-0.2, -0.15) is 11.8 Å². The molecule has 1 unspecified atom stereocenters. The number of aliphatic imine (C=N–C) groups is 1. The molecule has 1 aromatic rings. The Hall–Kier alpha value is -1.09. The molecule has 0 aliphatic heterocycles. The second kappa shape index (κ2) is 11.7. The molecule has 0 radical (unpaired) electrons. The lowest BCUT2D eigenvalue weighted by molar-refractivity contribution is -0.119. The predicted octanol–water partition coefficient (Wildman–Crippen LogP) is 4.40. The SMILES string of the molecule is CCC(=O)C(C)N=Cc1ccc(CC)cc1.CCSC. The van der Waals surface area contributed by atoms with Gasteiger partial charge in [-0.1, -0.05) is 45.0 Å². The maximum absolute atomic E-state index is 11.3. The molecule has 3 heteroatoms. The fourth-order valence-corrected chi connectivity index (χ4v) is 1.42. The first-order chi connectivity index (χ1) is 9.58. The zero-order valence-corrected chi connectivity index (χ0v) is 14.2. The van der Waals surface area contributed by atoms with E-state index >= 15 is 0 Å². The van der Waals surface area contributed by atoms with Crippen LogP contribution in [0.3, 0.4) is 0 Å². The monoisotopic (exact) mass is 293 g/mol. The number of carbonyl (C=O) groups excluding carboxylic acids is 1. The third-order valence-corrected chi connectivity index (χ3v) is 3.52. The van der Waals surface area contributed by atoms with E-state index in [9.17, 15) is 4.79 Å². The first-order valence-electron chi connectivity index (χ1n) is 7.22. The van der Waals surface area contributed by atoms with Crippen LogP contribution < -0.4 is 0 Å². The number of thioether (sulfide) groups is 1. The van der Waals surface area contributed by atoms with E-state index in [0.717, 1.165) is 12.0 Å². The molecule has 2 nitrogen and oxygen atoms in total. The van der Waals surface area contributed by atoms with Crippen LogP contribution in [0, 0.1) is 0 Å². The molecule has 0 spiro atoms. The summed E-state index contributed by atoms with van der Waals surface area (Å²) in [6.07, 6.45) is 5.47. The molecule has 1 rings (SSSR count). The van der Waals surface area contributed by atoms with Crippen molar-refractivity contribution in [3.63, 3.8) is 0 Å². The summed E-state index contributed by atoms with van der Waals surface area (Å²) in [7, 11) is 0. The van der Waals surface area contributed by atoms with Gasteiger partial charge >= 0.3 is 0 Å². The average Bonchev–Trinajstić information content (AvgIpc) is 2.52. The van der Waals surface area contributed by atoms with Crippen LogP contribution in [0.15, 0.2) is 29.3 Å². The zero-order chi connectivity index (χ0) is 15.4. The van der Waals surface area contributed by atoms with E-state index in [1.165, 1.54) is 11.3 Å². The van der Waals surface area contributed by atoms with Crippen molar-refractivity contribution >= 4 is 23.8 Å². The fraction of sp³-hybridized carbons (Fsp3) is 0.529. The lowest BCUT2D eigenvalue weighted by Gasteiger charge is -2.02. The van der Waals surface area contributed by atoms with Gasteiger partial charge in [-0.3, -0.25) is 9.79 Å². The first-order valence-corrected chi connectivity index (χ1v) is 8.62. The molecular formula is C17H27NOS. The fourth-order valence-electron chi connectivity index (χ4n) is 1.42. The molecule has 0 bridgehead atoms. The summed E-state index contributed by atoms with van der Waals surface area (Å²) >= 11 is 1.86. The summed E-state index contributed by atoms with van der Waals surface area (Å²) < 4.78 is 0. The topological polar surface area (TPSA) is 29.4 Å². The van der Waals surface area contributed by atoms with Gasteiger partial charge in [0.15, 0.2) is 5.78 Å². The van der Waals surface area contributed by atoms with E-state index in [-0.39, 0.29) is 11.8 Å². The van der Waals surface area contributed by atoms with E-state index < -0.39 is 0 Å². The highest BCUT2D eigenvalue weighted by Crippen LogP contribution is 2.04. The smallest absolute Gasteiger partial charge is 0.156 e. The number of hydrogen-bond donors (Lipinski definition) is 0. The summed E-state index contributed by atoms with van der Waals surface area (Å²) in [4.78, 5) is 15.6. The van der Waals surface area contributed by atoms with Gasteiger partial charge in [-0.25, -0.2) is 0 Å². The second-order valence-electron chi connectivity index (χ2n) is 4.45. The number of aryl methyl sites for hydroxylation is 1. The van der Waals surface area contributed by atoms with Crippen molar-refractivity contribution in [3.8, 4) is 0 Å². The van der Waals surface area contributed by atoms with Crippen LogP contribution in [-0.2, 0) is 11.2 Å². The standard InChI is InChI=1S/C14H19NO.C3H8S/c1-4-12-6-8-13(9-7-12)10-15-11(3)14(16)5-2;1-3-4-2/h6-11H,4-5H2,1-3H3;3H2,1-2H3. The number of benzene rings is 1. The number of carbonyl (C=O) groups is 1. The van der Waals surface area contributed by atoms with Gasteiger partial charge in [0.2, 0.25) is 0 Å². The second-order valence-corrected chi connectivity index (χ2v) is 5.60.